The van der Waals surface area contributed by atoms with Gasteiger partial charge in [-0.3, -0.25) is 0 Å². The molecule has 2 N–H and O–H groups in total. The summed E-state index contributed by atoms with van der Waals surface area (Å²) in [5, 5.41) is 2.16. The van der Waals surface area contributed by atoms with E-state index in [1.807, 2.05) is 48.5 Å². The number of methoxy groups -OCH3 is 1. The van der Waals surface area contributed by atoms with E-state index in [-0.39, 0.29) is 11.6 Å². The Morgan fingerprint density at radius 2 is 1.45 bits per heavy atom. The Morgan fingerprint density at radius 3 is 1.94 bits per heavy atom. The van der Waals surface area contributed by atoms with Crippen molar-refractivity contribution in [2.75, 3.05) is 12.8 Å². The fraction of sp³-hybridized carbons (Fsp3) is 0.240. The maximum absolute atomic E-state index is 11.4. The normalized spacial score (nSPS) is 11.6. The van der Waals surface area contributed by atoms with Crippen LogP contribution in [0.4, 0.5) is 10.5 Å². The SMILES string of the molecule is COC(=O)OCc1cc(N)cc(O[Si](c2ccccc2)(c2ccccc2)C(C)(C)C)c1. The number of nitrogen functional groups attached to an aromatic ring is 1. The Hall–Kier alpha value is -3.25. The zero-order chi connectivity index (χ0) is 22.5. The number of carbonyl (C=O) groups excluding carboxylic acids is 1. The predicted octanol–water partition coefficient (Wildman–Crippen LogP) is 4.49. The quantitative estimate of drug-likeness (QED) is 0.351. The second-order valence-corrected chi connectivity index (χ2v) is 12.6. The smallest absolute Gasteiger partial charge is 0.508 e. The molecule has 0 saturated carbocycles. The van der Waals surface area contributed by atoms with Crippen molar-refractivity contribution in [2.45, 2.75) is 32.4 Å². The highest BCUT2D eigenvalue weighted by molar-refractivity contribution is 7.00. The first-order chi connectivity index (χ1) is 14.8. The zero-order valence-electron chi connectivity index (χ0n) is 18.4. The summed E-state index contributed by atoms with van der Waals surface area (Å²) in [7, 11) is -1.50. The minimum Gasteiger partial charge on any atom is -0.534 e. The first kappa shape index (κ1) is 22.4. The van der Waals surface area contributed by atoms with Gasteiger partial charge in [0.15, 0.2) is 0 Å². The van der Waals surface area contributed by atoms with Gasteiger partial charge in [-0.2, -0.15) is 0 Å². The number of benzene rings is 3. The Kier molecular flexibility index (Phi) is 6.70. The van der Waals surface area contributed by atoms with E-state index in [1.54, 1.807) is 6.07 Å². The van der Waals surface area contributed by atoms with E-state index in [1.165, 1.54) is 17.5 Å². The molecule has 31 heavy (non-hydrogen) atoms. The van der Waals surface area contributed by atoms with Crippen LogP contribution < -0.4 is 20.5 Å². The van der Waals surface area contributed by atoms with Crippen LogP contribution in [0.5, 0.6) is 5.75 Å². The number of nitrogens with two attached hydrogens (primary N) is 1. The van der Waals surface area contributed by atoms with Gasteiger partial charge < -0.3 is 19.6 Å². The van der Waals surface area contributed by atoms with E-state index >= 15 is 0 Å². The van der Waals surface area contributed by atoms with Crippen molar-refractivity contribution in [2.24, 2.45) is 0 Å². The van der Waals surface area contributed by atoms with Crippen LogP contribution >= 0.6 is 0 Å². The number of anilines is 1. The van der Waals surface area contributed by atoms with Crippen LogP contribution in [0.15, 0.2) is 78.9 Å². The van der Waals surface area contributed by atoms with E-state index in [2.05, 4.69) is 49.8 Å². The fourth-order valence-corrected chi connectivity index (χ4v) is 8.26. The molecule has 6 heteroatoms. The van der Waals surface area contributed by atoms with Gasteiger partial charge >= 0.3 is 14.5 Å². The highest BCUT2D eigenvalue weighted by Gasteiger charge is 2.52. The summed E-state index contributed by atoms with van der Waals surface area (Å²) in [5.41, 5.74) is 7.44. The second kappa shape index (κ2) is 9.26. The lowest BCUT2D eigenvalue weighted by Gasteiger charge is -2.43. The molecule has 3 aromatic rings. The molecule has 3 aromatic carbocycles. The fourth-order valence-electron chi connectivity index (χ4n) is 3.86. The minimum absolute atomic E-state index is 0.0504. The highest BCUT2D eigenvalue weighted by Crippen LogP contribution is 2.38. The van der Waals surface area contributed by atoms with Crippen LogP contribution in [0.25, 0.3) is 0 Å². The second-order valence-electron chi connectivity index (χ2n) is 8.42. The summed E-state index contributed by atoms with van der Waals surface area (Å²) >= 11 is 0. The van der Waals surface area contributed by atoms with Gasteiger partial charge in [0.2, 0.25) is 0 Å². The molecular weight excluding hydrogens is 406 g/mol. The molecule has 0 unspecified atom stereocenters. The van der Waals surface area contributed by atoms with Crippen molar-refractivity contribution < 1.29 is 18.7 Å². The van der Waals surface area contributed by atoms with Gasteiger partial charge in [0.05, 0.1) is 7.11 Å². The first-order valence-corrected chi connectivity index (χ1v) is 12.1. The van der Waals surface area contributed by atoms with Crippen molar-refractivity contribution in [1.29, 1.82) is 0 Å². The zero-order valence-corrected chi connectivity index (χ0v) is 19.4. The average Bonchev–Trinajstić information content (AvgIpc) is 2.76. The molecular formula is C25H29NO4Si. The molecule has 3 rings (SSSR count). The van der Waals surface area contributed by atoms with Crippen LogP contribution in [0.3, 0.4) is 0 Å². The average molecular weight is 436 g/mol. The van der Waals surface area contributed by atoms with Crippen LogP contribution in [0.1, 0.15) is 26.3 Å². The Labute approximate surface area is 184 Å². The molecule has 0 aliphatic rings. The molecule has 0 aliphatic carbocycles. The molecule has 5 nitrogen and oxygen atoms in total. The van der Waals surface area contributed by atoms with E-state index in [4.69, 9.17) is 14.9 Å². The van der Waals surface area contributed by atoms with Crippen molar-refractivity contribution >= 4 is 30.5 Å². The highest BCUT2D eigenvalue weighted by atomic mass is 28.4. The third-order valence-corrected chi connectivity index (χ3v) is 10.1. The van der Waals surface area contributed by atoms with Gasteiger partial charge in [0, 0.05) is 11.8 Å². The number of hydrogen-bond acceptors (Lipinski definition) is 5. The summed E-state index contributed by atoms with van der Waals surface area (Å²) in [4.78, 5) is 11.4. The summed E-state index contributed by atoms with van der Waals surface area (Å²) in [5.74, 6) is 0.651. The first-order valence-electron chi connectivity index (χ1n) is 10.2. The van der Waals surface area contributed by atoms with Crippen LogP contribution in [-0.4, -0.2) is 21.6 Å². The third kappa shape index (κ3) is 4.91. The molecule has 0 saturated heterocycles. The van der Waals surface area contributed by atoms with Gasteiger partial charge in [-0.1, -0.05) is 81.4 Å². The standard InChI is InChI=1S/C25H29NO4Si/c1-25(2,3)31(22-11-7-5-8-12-22,23-13-9-6-10-14-23)30-21-16-19(15-20(26)17-21)18-29-24(27)28-4/h5-17H,18,26H2,1-4H3. The number of carbonyl (C=O) groups is 1. The summed E-state index contributed by atoms with van der Waals surface area (Å²) in [6.07, 6.45) is -0.739. The van der Waals surface area contributed by atoms with Crippen molar-refractivity contribution in [1.82, 2.24) is 0 Å². The van der Waals surface area contributed by atoms with Crippen molar-refractivity contribution in [3.63, 3.8) is 0 Å². The molecule has 0 fully saturated rings. The van der Waals surface area contributed by atoms with Crippen molar-refractivity contribution in [3.8, 4) is 5.75 Å². The van der Waals surface area contributed by atoms with E-state index in [9.17, 15) is 4.79 Å². The van der Waals surface area contributed by atoms with E-state index in [0.717, 1.165) is 5.56 Å². The maximum atomic E-state index is 11.4. The van der Waals surface area contributed by atoms with E-state index in [0.29, 0.717) is 11.4 Å². The third-order valence-electron chi connectivity index (χ3n) is 5.20. The van der Waals surface area contributed by atoms with Crippen LogP contribution in [0.2, 0.25) is 5.04 Å². The summed E-state index contributed by atoms with van der Waals surface area (Å²) < 4.78 is 16.6. The summed E-state index contributed by atoms with van der Waals surface area (Å²) in [6.45, 7) is 6.70. The van der Waals surface area contributed by atoms with Gasteiger partial charge in [-0.05, 0) is 33.1 Å². The lowest BCUT2D eigenvalue weighted by atomic mass is 10.2. The monoisotopic (exact) mass is 435 g/mol. The Morgan fingerprint density at radius 1 is 0.903 bits per heavy atom. The molecule has 162 valence electrons. The van der Waals surface area contributed by atoms with Crippen molar-refractivity contribution in [3.05, 3.63) is 84.4 Å². The molecule has 0 radical (unpaired) electrons. The van der Waals surface area contributed by atoms with Crippen LogP contribution in [0, 0.1) is 0 Å². The largest absolute Gasteiger partial charge is 0.534 e. The lowest BCUT2D eigenvalue weighted by Crippen LogP contribution is -2.68. The summed E-state index contributed by atoms with van der Waals surface area (Å²) in [6, 6.07) is 26.2. The number of hydrogen-bond donors (Lipinski definition) is 1. The molecule has 0 aromatic heterocycles. The Balaban J connectivity index is 2.12. The van der Waals surface area contributed by atoms with E-state index < -0.39 is 14.5 Å². The number of rotatable bonds is 6. The topological polar surface area (TPSA) is 70.8 Å². The van der Waals surface area contributed by atoms with Gasteiger partial charge in [0.25, 0.3) is 0 Å². The maximum Gasteiger partial charge on any atom is 0.508 e. The molecule has 0 amide bonds. The molecule has 0 spiro atoms. The van der Waals surface area contributed by atoms with Gasteiger partial charge in [0.1, 0.15) is 12.4 Å². The lowest BCUT2D eigenvalue weighted by molar-refractivity contribution is 0.0668. The number of ether oxygens (including phenoxy) is 2. The van der Waals surface area contributed by atoms with Gasteiger partial charge in [-0.15, -0.1) is 0 Å². The Bertz CT molecular complexity index is 977. The predicted molar refractivity (Wildman–Crippen MR) is 126 cm³/mol. The molecule has 0 atom stereocenters. The molecule has 0 bridgehead atoms. The molecule has 0 aliphatic heterocycles. The van der Waals surface area contributed by atoms with Crippen LogP contribution in [-0.2, 0) is 16.1 Å². The molecule has 0 heterocycles. The van der Waals surface area contributed by atoms with Gasteiger partial charge in [-0.25, -0.2) is 4.79 Å². The minimum atomic E-state index is -2.78.